The molecule has 0 saturated carbocycles. The number of benzene rings is 2. The van der Waals surface area contributed by atoms with Gasteiger partial charge in [-0.15, -0.1) is 6.42 Å². The van der Waals surface area contributed by atoms with E-state index in [1.165, 1.54) is 5.56 Å². The summed E-state index contributed by atoms with van der Waals surface area (Å²) < 4.78 is 10.8. The van der Waals surface area contributed by atoms with Gasteiger partial charge < -0.3 is 24.6 Å². The average Bonchev–Trinajstić information content (AvgIpc) is 3.26. The van der Waals surface area contributed by atoms with E-state index in [1.54, 1.807) is 7.11 Å². The predicted molar refractivity (Wildman–Crippen MR) is 119 cm³/mol. The molecule has 0 radical (unpaired) electrons. The smallest absolute Gasteiger partial charge is 0.318 e. The SMILES string of the molecule is C#CCOc1cc(CNC(=O)N2CCCC2c2cccc(N(C)C)c2)ccc1OC. The summed E-state index contributed by atoms with van der Waals surface area (Å²) in [6.45, 7) is 1.31. The van der Waals surface area contributed by atoms with Crippen molar-refractivity contribution in [1.29, 1.82) is 0 Å². The molecule has 6 nitrogen and oxygen atoms in total. The molecule has 2 aromatic carbocycles. The van der Waals surface area contributed by atoms with Crippen LogP contribution in [0, 0.1) is 12.3 Å². The van der Waals surface area contributed by atoms with E-state index >= 15 is 0 Å². The fourth-order valence-electron chi connectivity index (χ4n) is 3.71. The Morgan fingerprint density at radius 2 is 2.10 bits per heavy atom. The van der Waals surface area contributed by atoms with Crippen molar-refractivity contribution in [3.63, 3.8) is 0 Å². The number of rotatable bonds is 7. The second kappa shape index (κ2) is 9.93. The van der Waals surface area contributed by atoms with Crippen molar-refractivity contribution in [3.8, 4) is 23.8 Å². The van der Waals surface area contributed by atoms with Gasteiger partial charge in [-0.25, -0.2) is 4.79 Å². The maximum absolute atomic E-state index is 12.9. The zero-order valence-electron chi connectivity index (χ0n) is 17.9. The molecule has 1 aliphatic rings. The highest BCUT2D eigenvalue weighted by molar-refractivity contribution is 5.75. The third-order valence-electron chi connectivity index (χ3n) is 5.27. The van der Waals surface area contributed by atoms with Crippen molar-refractivity contribution in [2.75, 3.05) is 39.3 Å². The maximum Gasteiger partial charge on any atom is 0.318 e. The number of urea groups is 1. The Bertz CT molecular complexity index is 920. The summed E-state index contributed by atoms with van der Waals surface area (Å²) in [4.78, 5) is 16.9. The van der Waals surface area contributed by atoms with E-state index in [1.807, 2.05) is 43.3 Å². The van der Waals surface area contributed by atoms with Crippen molar-refractivity contribution in [1.82, 2.24) is 10.2 Å². The standard InChI is InChI=1S/C24H29N3O3/c1-5-14-30-23-15-18(11-12-22(23)29-4)17-25-24(28)27-13-7-10-21(27)19-8-6-9-20(16-19)26(2)3/h1,6,8-9,11-12,15-16,21H,7,10,13-14,17H2,2-4H3,(H,25,28). The lowest BCUT2D eigenvalue weighted by molar-refractivity contribution is 0.192. The zero-order chi connectivity index (χ0) is 21.5. The van der Waals surface area contributed by atoms with Crippen molar-refractivity contribution < 1.29 is 14.3 Å². The van der Waals surface area contributed by atoms with Gasteiger partial charge in [0.15, 0.2) is 11.5 Å². The van der Waals surface area contributed by atoms with E-state index in [0.717, 1.165) is 30.6 Å². The molecule has 1 saturated heterocycles. The number of nitrogens with zero attached hydrogens (tertiary/aromatic N) is 2. The lowest BCUT2D eigenvalue weighted by Crippen LogP contribution is -2.39. The van der Waals surface area contributed by atoms with Gasteiger partial charge in [-0.05, 0) is 48.2 Å². The molecule has 2 aromatic rings. The number of carbonyl (C=O) groups excluding carboxylic acids is 1. The molecular formula is C24H29N3O3. The Balaban J connectivity index is 1.67. The second-order valence-electron chi connectivity index (χ2n) is 7.48. The van der Waals surface area contributed by atoms with Gasteiger partial charge in [0, 0.05) is 32.9 Å². The van der Waals surface area contributed by atoms with Crippen LogP contribution in [0.2, 0.25) is 0 Å². The summed E-state index contributed by atoms with van der Waals surface area (Å²) >= 11 is 0. The number of anilines is 1. The zero-order valence-corrected chi connectivity index (χ0v) is 17.9. The first-order valence-corrected chi connectivity index (χ1v) is 10.1. The number of terminal acetylenes is 1. The van der Waals surface area contributed by atoms with Crippen molar-refractivity contribution in [2.24, 2.45) is 0 Å². The van der Waals surface area contributed by atoms with Crippen LogP contribution in [0.15, 0.2) is 42.5 Å². The molecule has 30 heavy (non-hydrogen) atoms. The van der Waals surface area contributed by atoms with Crippen LogP contribution in [0.1, 0.15) is 30.0 Å². The molecule has 1 fully saturated rings. The summed E-state index contributed by atoms with van der Waals surface area (Å²) in [6.07, 6.45) is 7.25. The number of methoxy groups -OCH3 is 1. The van der Waals surface area contributed by atoms with Crippen molar-refractivity contribution in [3.05, 3.63) is 53.6 Å². The Labute approximate surface area is 178 Å². The molecule has 1 heterocycles. The van der Waals surface area contributed by atoms with Gasteiger partial charge >= 0.3 is 6.03 Å². The number of hydrogen-bond acceptors (Lipinski definition) is 4. The highest BCUT2D eigenvalue weighted by Crippen LogP contribution is 2.33. The van der Waals surface area contributed by atoms with Gasteiger partial charge in [0.2, 0.25) is 0 Å². The van der Waals surface area contributed by atoms with Gasteiger partial charge in [-0.3, -0.25) is 0 Å². The second-order valence-corrected chi connectivity index (χ2v) is 7.48. The van der Waals surface area contributed by atoms with Crippen LogP contribution in [0.3, 0.4) is 0 Å². The highest BCUT2D eigenvalue weighted by atomic mass is 16.5. The molecule has 1 aliphatic heterocycles. The first kappa shape index (κ1) is 21.4. The molecule has 6 heteroatoms. The number of ether oxygens (including phenoxy) is 2. The van der Waals surface area contributed by atoms with Crippen LogP contribution in [0.4, 0.5) is 10.5 Å². The number of nitrogens with one attached hydrogen (secondary N) is 1. The van der Waals surface area contributed by atoms with Gasteiger partial charge in [0.25, 0.3) is 0 Å². The van der Waals surface area contributed by atoms with Crippen LogP contribution in [-0.4, -0.2) is 45.3 Å². The highest BCUT2D eigenvalue weighted by Gasteiger charge is 2.30. The van der Waals surface area contributed by atoms with Crippen LogP contribution in [0.25, 0.3) is 0 Å². The van der Waals surface area contributed by atoms with E-state index in [-0.39, 0.29) is 18.7 Å². The van der Waals surface area contributed by atoms with E-state index in [9.17, 15) is 4.79 Å². The van der Waals surface area contributed by atoms with E-state index in [4.69, 9.17) is 15.9 Å². The lowest BCUT2D eigenvalue weighted by atomic mass is 10.0. The van der Waals surface area contributed by atoms with E-state index in [2.05, 4.69) is 34.3 Å². The Morgan fingerprint density at radius 1 is 1.27 bits per heavy atom. The first-order valence-electron chi connectivity index (χ1n) is 10.1. The Morgan fingerprint density at radius 3 is 2.83 bits per heavy atom. The molecule has 1 N–H and O–H groups in total. The fraction of sp³-hybridized carbons (Fsp3) is 0.375. The van der Waals surface area contributed by atoms with E-state index < -0.39 is 0 Å². The van der Waals surface area contributed by atoms with Gasteiger partial charge in [-0.2, -0.15) is 0 Å². The minimum Gasteiger partial charge on any atom is -0.493 e. The molecule has 1 atom stereocenters. The van der Waals surface area contributed by atoms with E-state index in [0.29, 0.717) is 18.0 Å². The molecule has 2 amide bonds. The summed E-state index contributed by atoms with van der Waals surface area (Å²) in [6, 6.07) is 14.0. The van der Waals surface area contributed by atoms with Gasteiger partial charge in [0.1, 0.15) is 6.61 Å². The number of amides is 2. The van der Waals surface area contributed by atoms with Crippen LogP contribution >= 0.6 is 0 Å². The van der Waals surface area contributed by atoms with Crippen LogP contribution in [-0.2, 0) is 6.54 Å². The third kappa shape index (κ3) is 4.98. The number of carbonyl (C=O) groups is 1. The minimum absolute atomic E-state index is 0.0605. The molecule has 1 unspecified atom stereocenters. The molecule has 0 aromatic heterocycles. The van der Waals surface area contributed by atoms with Crippen molar-refractivity contribution in [2.45, 2.75) is 25.4 Å². The van der Waals surface area contributed by atoms with Crippen molar-refractivity contribution >= 4 is 11.7 Å². The number of likely N-dealkylation sites (tertiary alicyclic amines) is 1. The summed E-state index contributed by atoms with van der Waals surface area (Å²) in [5, 5.41) is 3.04. The molecular weight excluding hydrogens is 378 g/mol. The summed E-state index contributed by atoms with van der Waals surface area (Å²) in [7, 11) is 5.63. The monoisotopic (exact) mass is 407 g/mol. The van der Waals surface area contributed by atoms with Gasteiger partial charge in [0.05, 0.1) is 13.2 Å². The average molecular weight is 408 g/mol. The quantitative estimate of drug-likeness (QED) is 0.709. The van der Waals surface area contributed by atoms with Crippen LogP contribution in [0.5, 0.6) is 11.5 Å². The Hall–Kier alpha value is -3.33. The first-order chi connectivity index (χ1) is 14.5. The predicted octanol–water partition coefficient (Wildman–Crippen LogP) is 3.82. The van der Waals surface area contributed by atoms with Crippen LogP contribution < -0.4 is 19.7 Å². The molecule has 3 rings (SSSR count). The molecule has 0 spiro atoms. The maximum atomic E-state index is 12.9. The topological polar surface area (TPSA) is 54.0 Å². The molecule has 0 bridgehead atoms. The summed E-state index contributed by atoms with van der Waals surface area (Å²) in [5.41, 5.74) is 3.22. The number of hydrogen-bond donors (Lipinski definition) is 1. The molecule has 0 aliphatic carbocycles. The summed E-state index contributed by atoms with van der Waals surface area (Å²) in [5.74, 6) is 3.63. The minimum atomic E-state index is -0.0605. The Kier molecular flexibility index (Phi) is 7.08. The lowest BCUT2D eigenvalue weighted by Gasteiger charge is -2.26. The largest absolute Gasteiger partial charge is 0.493 e. The van der Waals surface area contributed by atoms with Gasteiger partial charge in [-0.1, -0.05) is 24.1 Å². The molecule has 158 valence electrons. The fourth-order valence-corrected chi connectivity index (χ4v) is 3.71. The normalized spacial score (nSPS) is 15.4. The third-order valence-corrected chi connectivity index (χ3v) is 5.27.